The molecule has 1 heterocycles. The van der Waals surface area contributed by atoms with Crippen LogP contribution in [0.4, 0.5) is 4.79 Å². The van der Waals surface area contributed by atoms with Crippen LogP contribution in [0.5, 0.6) is 0 Å². The monoisotopic (exact) mass is 749 g/mol. The molecule has 0 saturated heterocycles. The van der Waals surface area contributed by atoms with Gasteiger partial charge in [-0.1, -0.05) is 75.2 Å². The van der Waals surface area contributed by atoms with Gasteiger partial charge in [-0.2, -0.15) is 5.10 Å². The Morgan fingerprint density at radius 3 is 2.54 bits per heavy atom. The van der Waals surface area contributed by atoms with Crippen molar-refractivity contribution in [3.05, 3.63) is 84.8 Å². The molecule has 0 aliphatic heterocycles. The lowest BCUT2D eigenvalue weighted by molar-refractivity contribution is -0.769. The fourth-order valence-corrected chi connectivity index (χ4v) is 5.49. The molecular weight excluding hydrogens is 702 g/mol. The number of halogens is 1. The van der Waals surface area contributed by atoms with Gasteiger partial charge in [0.2, 0.25) is 6.29 Å². The first-order chi connectivity index (χ1) is 24.7. The lowest BCUT2D eigenvalue weighted by Gasteiger charge is -2.27. The van der Waals surface area contributed by atoms with Crippen molar-refractivity contribution in [1.29, 1.82) is 0 Å². The molecule has 3 rings (SSSR count). The molecule has 17 nitrogen and oxygen atoms in total. The third-order valence-corrected chi connectivity index (χ3v) is 8.37. The van der Waals surface area contributed by atoms with E-state index in [4.69, 9.17) is 27.9 Å². The zero-order valence-electron chi connectivity index (χ0n) is 30.1. The molecule has 0 fully saturated rings. The second-order valence-electron chi connectivity index (χ2n) is 12.6. The van der Waals surface area contributed by atoms with Crippen molar-refractivity contribution in [3.63, 3.8) is 0 Å². The van der Waals surface area contributed by atoms with Gasteiger partial charge in [0.15, 0.2) is 11.2 Å². The van der Waals surface area contributed by atoms with E-state index in [2.05, 4.69) is 82.5 Å². The summed E-state index contributed by atoms with van der Waals surface area (Å²) in [7, 11) is 0. The number of hydrogen-bond acceptors (Lipinski definition) is 14. The van der Waals surface area contributed by atoms with Crippen LogP contribution < -0.4 is 11.6 Å². The number of carbonyl (C=O) groups is 2. The molecular formula is C34H48ClN7O10. The highest BCUT2D eigenvalue weighted by Gasteiger charge is 2.27. The number of imidazole rings is 1. The van der Waals surface area contributed by atoms with Crippen molar-refractivity contribution in [2.45, 2.75) is 98.5 Å². The first-order valence-electron chi connectivity index (χ1n) is 16.7. The minimum Gasteiger partial charge on any atom is -0.434 e. The smallest absolute Gasteiger partial charge is 0.434 e. The quantitative estimate of drug-likeness (QED) is 0.0174. The molecule has 1 aliphatic carbocycles. The fourth-order valence-electron chi connectivity index (χ4n) is 5.29. The van der Waals surface area contributed by atoms with E-state index in [-0.39, 0.29) is 26.1 Å². The van der Waals surface area contributed by atoms with Gasteiger partial charge in [0, 0.05) is 25.5 Å². The molecule has 1 aliphatic rings. The number of benzene rings is 1. The Balaban J connectivity index is 0.000000366. The first-order valence-corrected chi connectivity index (χ1v) is 17.1. The lowest BCUT2D eigenvalue weighted by atomic mass is 9.84. The number of hydrazone groups is 1. The average Bonchev–Trinajstić information content (AvgIpc) is 3.37. The van der Waals surface area contributed by atoms with Gasteiger partial charge in [-0.3, -0.25) is 4.79 Å². The van der Waals surface area contributed by atoms with E-state index in [1.165, 1.54) is 12.5 Å². The standard InChI is InChI=1S/C22H28ClN5.C12H20N2O10/c1-3-4-9-20-26-21(23)15(2)28(20)14-16-10-12-17(13-11-16)18-7-5-6-8-19(18)22(24)27-25;1-9(21-8-15)23-11(16)20-5-4-12(2,3)6-10(7-22-13-17)24-14(18)19/h7-8,10-13H,3-6,9,14,25H2,1-2H3,(H2,24,27);8-10H,4-7H2,1-3H3. The van der Waals surface area contributed by atoms with E-state index in [1.54, 1.807) is 13.8 Å². The molecule has 286 valence electrons. The number of nitrogens with two attached hydrogens (primary N) is 2. The van der Waals surface area contributed by atoms with Gasteiger partial charge in [0.25, 0.3) is 11.6 Å². The van der Waals surface area contributed by atoms with Crippen LogP contribution in [0, 0.1) is 27.4 Å². The summed E-state index contributed by atoms with van der Waals surface area (Å²) in [6.07, 6.45) is 6.81. The number of aromatic nitrogens is 2. The number of amidine groups is 1. The van der Waals surface area contributed by atoms with Gasteiger partial charge in [-0.15, -0.1) is 15.0 Å². The molecule has 0 amide bonds. The lowest BCUT2D eigenvalue weighted by Crippen LogP contribution is -2.30. The SMILES string of the molecule is CC(OC=O)OC(=O)OCCC(C)(C)CC(CON=O)O[N+](=O)[O-].CCCCc1nc(Cl)c(C)n1Cc1ccc(C2=CCCC=C2/C(N)=N/N)cc1. The number of ether oxygens (including phenoxy) is 3. The summed E-state index contributed by atoms with van der Waals surface area (Å²) in [5.41, 5.74) is 10.8. The summed E-state index contributed by atoms with van der Waals surface area (Å²) in [6.45, 7) is 9.53. The van der Waals surface area contributed by atoms with E-state index in [0.29, 0.717) is 17.4 Å². The summed E-state index contributed by atoms with van der Waals surface area (Å²) in [5.74, 6) is 6.82. The maximum Gasteiger partial charge on any atom is 0.511 e. The molecule has 0 saturated carbocycles. The summed E-state index contributed by atoms with van der Waals surface area (Å²) in [5, 5.41) is 15.9. The number of aryl methyl sites for hydroxylation is 1. The van der Waals surface area contributed by atoms with Crippen molar-refractivity contribution >= 4 is 35.6 Å². The Labute approximate surface area is 307 Å². The second-order valence-corrected chi connectivity index (χ2v) is 12.9. The molecule has 2 atom stereocenters. The molecule has 1 aromatic carbocycles. The van der Waals surface area contributed by atoms with E-state index in [9.17, 15) is 24.6 Å². The van der Waals surface area contributed by atoms with Gasteiger partial charge in [-0.25, -0.2) is 9.78 Å². The van der Waals surface area contributed by atoms with Gasteiger partial charge in [0.1, 0.15) is 23.7 Å². The minimum atomic E-state index is -1.08. The normalized spacial score (nSPS) is 14.0. The number of rotatable bonds is 20. The third-order valence-electron chi connectivity index (χ3n) is 8.01. The molecule has 2 aromatic rings. The minimum absolute atomic E-state index is 0.0440. The number of nitrogens with zero attached hydrogens (tertiary/aromatic N) is 5. The third kappa shape index (κ3) is 14.6. The van der Waals surface area contributed by atoms with Crippen LogP contribution in [0.3, 0.4) is 0 Å². The molecule has 18 heteroatoms. The van der Waals surface area contributed by atoms with E-state index >= 15 is 0 Å². The van der Waals surface area contributed by atoms with E-state index < -0.39 is 29.1 Å². The Morgan fingerprint density at radius 2 is 1.92 bits per heavy atom. The van der Waals surface area contributed by atoms with Crippen LogP contribution in [-0.4, -0.2) is 58.7 Å². The predicted molar refractivity (Wildman–Crippen MR) is 193 cm³/mol. The van der Waals surface area contributed by atoms with Crippen LogP contribution in [-0.2, 0) is 41.6 Å². The maximum atomic E-state index is 11.3. The van der Waals surface area contributed by atoms with Gasteiger partial charge in [0.05, 0.1) is 12.3 Å². The Morgan fingerprint density at radius 1 is 1.23 bits per heavy atom. The number of unbranched alkanes of at least 4 members (excludes halogenated alkanes) is 1. The van der Waals surface area contributed by atoms with E-state index in [1.807, 2.05) is 6.92 Å². The highest BCUT2D eigenvalue weighted by molar-refractivity contribution is 6.30. The summed E-state index contributed by atoms with van der Waals surface area (Å²) in [4.78, 5) is 54.9. The van der Waals surface area contributed by atoms with Gasteiger partial charge < -0.3 is 40.0 Å². The summed E-state index contributed by atoms with van der Waals surface area (Å²) >= 11 is 6.29. The van der Waals surface area contributed by atoms with Gasteiger partial charge >= 0.3 is 6.16 Å². The molecule has 1 aromatic heterocycles. The van der Waals surface area contributed by atoms with Crippen molar-refractivity contribution in [2.24, 2.45) is 27.4 Å². The summed E-state index contributed by atoms with van der Waals surface area (Å²) < 4.78 is 16.0. The van der Waals surface area contributed by atoms with Crippen molar-refractivity contribution in [3.8, 4) is 0 Å². The fraction of sp³-hybridized carbons (Fsp3) is 0.529. The highest BCUT2D eigenvalue weighted by atomic mass is 35.5. The average molecular weight is 750 g/mol. The molecule has 0 spiro atoms. The van der Waals surface area contributed by atoms with Crippen molar-refractivity contribution < 1.29 is 38.6 Å². The molecule has 4 N–H and O–H groups in total. The summed E-state index contributed by atoms with van der Waals surface area (Å²) in [6, 6.07) is 8.55. The maximum absolute atomic E-state index is 11.3. The highest BCUT2D eigenvalue weighted by Crippen LogP contribution is 2.30. The Hall–Kier alpha value is -5.19. The topological polar surface area (TPSA) is 235 Å². The molecule has 0 bridgehead atoms. The molecule has 52 heavy (non-hydrogen) atoms. The van der Waals surface area contributed by atoms with Gasteiger partial charge in [-0.05, 0) is 61.1 Å². The zero-order valence-corrected chi connectivity index (χ0v) is 30.9. The van der Waals surface area contributed by atoms with Crippen molar-refractivity contribution in [2.75, 3.05) is 13.2 Å². The first kappa shape index (κ1) is 43.0. The van der Waals surface area contributed by atoms with Crippen LogP contribution in [0.1, 0.15) is 88.9 Å². The van der Waals surface area contributed by atoms with E-state index in [0.717, 1.165) is 66.9 Å². The number of hydrogen-bond donors (Lipinski definition) is 2. The zero-order chi connectivity index (χ0) is 38.7. The Bertz CT molecular complexity index is 1570. The van der Waals surface area contributed by atoms with Crippen LogP contribution >= 0.6 is 11.6 Å². The number of allylic oxidation sites excluding steroid dienone is 2. The van der Waals surface area contributed by atoms with Crippen LogP contribution in [0.15, 0.2) is 52.4 Å². The van der Waals surface area contributed by atoms with Crippen molar-refractivity contribution in [1.82, 2.24) is 9.55 Å². The predicted octanol–water partition coefficient (Wildman–Crippen LogP) is 6.31. The van der Waals surface area contributed by atoms with Crippen LogP contribution in [0.2, 0.25) is 5.15 Å². The second kappa shape index (κ2) is 21.9. The molecule has 0 radical (unpaired) electrons. The number of carbonyl (C=O) groups excluding carboxylic acids is 2. The van der Waals surface area contributed by atoms with Crippen LogP contribution in [0.25, 0.3) is 5.57 Å². The largest absolute Gasteiger partial charge is 0.511 e. The molecule has 2 unspecified atom stereocenters. The Kier molecular flexibility index (Phi) is 18.1.